The van der Waals surface area contributed by atoms with Crippen molar-refractivity contribution in [3.05, 3.63) is 100 Å². The normalized spacial score (nSPS) is 17.6. The molecule has 1 aromatic heterocycles. The Labute approximate surface area is 186 Å². The lowest BCUT2D eigenvalue weighted by molar-refractivity contribution is -0.140. The van der Waals surface area contributed by atoms with Gasteiger partial charge < -0.3 is 14.7 Å². The maximum Gasteiger partial charge on any atom is 0.296 e. The third-order valence-corrected chi connectivity index (χ3v) is 5.64. The monoisotopic (exact) mass is 428 g/mol. The molecule has 0 saturated carbocycles. The maximum atomic E-state index is 13.2. The zero-order valence-corrected chi connectivity index (χ0v) is 18.2. The van der Waals surface area contributed by atoms with Crippen molar-refractivity contribution in [3.63, 3.8) is 0 Å². The summed E-state index contributed by atoms with van der Waals surface area (Å²) >= 11 is 0. The number of aliphatic hydroxyl groups excluding tert-OH is 1. The summed E-state index contributed by atoms with van der Waals surface area (Å²) in [6.45, 7) is 3.94. The number of hydrogen-bond donors (Lipinski definition) is 1. The van der Waals surface area contributed by atoms with Gasteiger partial charge in [-0.3, -0.25) is 14.6 Å². The van der Waals surface area contributed by atoms with Gasteiger partial charge in [0.2, 0.25) is 0 Å². The number of likely N-dealkylation sites (tertiary alicyclic amines) is 1. The topological polar surface area (TPSA) is 79.7 Å². The molecular formula is C26H24N2O4. The van der Waals surface area contributed by atoms with Crippen LogP contribution in [0, 0.1) is 13.8 Å². The highest BCUT2D eigenvalue weighted by Crippen LogP contribution is 2.40. The van der Waals surface area contributed by atoms with Crippen LogP contribution < -0.4 is 4.74 Å². The van der Waals surface area contributed by atoms with E-state index in [-0.39, 0.29) is 17.9 Å². The minimum atomic E-state index is -0.803. The average molecular weight is 428 g/mol. The molecule has 0 spiro atoms. The molecule has 1 aliphatic rings. The second-order valence-electron chi connectivity index (χ2n) is 7.85. The van der Waals surface area contributed by atoms with Crippen LogP contribution in [-0.4, -0.2) is 33.8 Å². The minimum absolute atomic E-state index is 0.0466. The van der Waals surface area contributed by atoms with Crippen LogP contribution in [0.5, 0.6) is 5.75 Å². The van der Waals surface area contributed by atoms with Gasteiger partial charge in [0.05, 0.1) is 18.4 Å². The van der Waals surface area contributed by atoms with E-state index in [0.29, 0.717) is 17.0 Å². The lowest BCUT2D eigenvalue weighted by Crippen LogP contribution is -2.29. The van der Waals surface area contributed by atoms with Crippen molar-refractivity contribution >= 4 is 17.4 Å². The lowest BCUT2D eigenvalue weighted by atomic mass is 9.95. The summed E-state index contributed by atoms with van der Waals surface area (Å²) in [6, 6.07) is 17.5. The summed E-state index contributed by atoms with van der Waals surface area (Å²) in [5.74, 6) is -0.922. The van der Waals surface area contributed by atoms with Crippen molar-refractivity contribution in [3.8, 4) is 5.75 Å². The molecule has 1 fully saturated rings. The Bertz CT molecular complexity index is 1220. The van der Waals surface area contributed by atoms with E-state index in [2.05, 4.69) is 4.98 Å². The number of ether oxygens (including phenoxy) is 1. The van der Waals surface area contributed by atoms with Gasteiger partial charge in [-0.2, -0.15) is 0 Å². The SMILES string of the molecule is COc1cccc(CN2C(=O)C(=O)/C(=C(/O)c3cc(C)ccc3C)C2c2ccccn2)c1. The van der Waals surface area contributed by atoms with Crippen molar-refractivity contribution in [1.29, 1.82) is 0 Å². The number of methoxy groups -OCH3 is 1. The van der Waals surface area contributed by atoms with Gasteiger partial charge >= 0.3 is 0 Å². The number of carbonyl (C=O) groups is 2. The molecule has 0 aliphatic carbocycles. The van der Waals surface area contributed by atoms with Gasteiger partial charge in [-0.1, -0.05) is 35.9 Å². The molecule has 3 aromatic rings. The van der Waals surface area contributed by atoms with E-state index in [1.54, 1.807) is 31.5 Å². The molecule has 2 heterocycles. The fraction of sp³-hybridized carbons (Fsp3) is 0.192. The fourth-order valence-electron chi connectivity index (χ4n) is 3.99. The molecule has 1 N–H and O–H groups in total. The third kappa shape index (κ3) is 3.87. The highest BCUT2D eigenvalue weighted by atomic mass is 16.5. The molecule has 32 heavy (non-hydrogen) atoms. The molecular weight excluding hydrogens is 404 g/mol. The third-order valence-electron chi connectivity index (χ3n) is 5.64. The molecule has 0 bridgehead atoms. The predicted molar refractivity (Wildman–Crippen MR) is 121 cm³/mol. The smallest absolute Gasteiger partial charge is 0.296 e. The van der Waals surface area contributed by atoms with Crippen molar-refractivity contribution in [2.75, 3.05) is 7.11 Å². The highest BCUT2D eigenvalue weighted by Gasteiger charge is 2.46. The highest BCUT2D eigenvalue weighted by molar-refractivity contribution is 6.46. The van der Waals surface area contributed by atoms with Gasteiger partial charge in [-0.25, -0.2) is 0 Å². The van der Waals surface area contributed by atoms with E-state index in [4.69, 9.17) is 4.74 Å². The summed E-state index contributed by atoms with van der Waals surface area (Å²) in [5, 5.41) is 11.2. The van der Waals surface area contributed by atoms with Gasteiger partial charge in [-0.15, -0.1) is 0 Å². The summed E-state index contributed by atoms with van der Waals surface area (Å²) in [5.41, 5.74) is 3.65. The molecule has 1 atom stereocenters. The molecule has 1 unspecified atom stereocenters. The molecule has 6 nitrogen and oxygen atoms in total. The van der Waals surface area contributed by atoms with Crippen molar-refractivity contribution in [2.24, 2.45) is 0 Å². The number of carbonyl (C=O) groups excluding carboxylic acids is 2. The van der Waals surface area contributed by atoms with E-state index < -0.39 is 17.7 Å². The number of ketones is 1. The van der Waals surface area contributed by atoms with E-state index in [0.717, 1.165) is 16.7 Å². The second-order valence-corrected chi connectivity index (χ2v) is 7.85. The quantitative estimate of drug-likeness (QED) is 0.372. The molecule has 1 aliphatic heterocycles. The number of nitrogens with zero attached hydrogens (tertiary/aromatic N) is 2. The summed E-state index contributed by atoms with van der Waals surface area (Å²) in [4.78, 5) is 32.1. The molecule has 1 amide bonds. The Morgan fingerprint density at radius 2 is 1.88 bits per heavy atom. The minimum Gasteiger partial charge on any atom is -0.507 e. The number of pyridine rings is 1. The van der Waals surface area contributed by atoms with Crippen LogP contribution in [0.15, 0.2) is 72.4 Å². The van der Waals surface area contributed by atoms with E-state index in [9.17, 15) is 14.7 Å². The number of rotatable bonds is 5. The zero-order valence-electron chi connectivity index (χ0n) is 18.2. The summed E-state index contributed by atoms with van der Waals surface area (Å²) in [6.07, 6.45) is 1.61. The summed E-state index contributed by atoms with van der Waals surface area (Å²) < 4.78 is 5.29. The van der Waals surface area contributed by atoms with Crippen LogP contribution in [0.4, 0.5) is 0 Å². The Hall–Kier alpha value is -3.93. The number of benzene rings is 2. The van der Waals surface area contributed by atoms with E-state index in [1.807, 2.05) is 56.3 Å². The van der Waals surface area contributed by atoms with Gasteiger partial charge in [0.25, 0.3) is 11.7 Å². The van der Waals surface area contributed by atoms with Gasteiger partial charge in [-0.05, 0) is 55.3 Å². The molecule has 0 radical (unpaired) electrons. The predicted octanol–water partition coefficient (Wildman–Crippen LogP) is 4.33. The van der Waals surface area contributed by atoms with E-state index in [1.165, 1.54) is 4.90 Å². The van der Waals surface area contributed by atoms with Gasteiger partial charge in [0, 0.05) is 18.3 Å². The number of aliphatic hydroxyl groups is 1. The Kier molecular flexibility index (Phi) is 5.77. The van der Waals surface area contributed by atoms with E-state index >= 15 is 0 Å². The largest absolute Gasteiger partial charge is 0.507 e. The zero-order chi connectivity index (χ0) is 22.8. The number of aromatic nitrogens is 1. The number of Topliss-reactive ketones (excluding diaryl/α,β-unsaturated/α-hetero) is 1. The van der Waals surface area contributed by atoms with Gasteiger partial charge in [0.1, 0.15) is 17.6 Å². The summed E-state index contributed by atoms with van der Waals surface area (Å²) in [7, 11) is 1.57. The Morgan fingerprint density at radius 1 is 1.06 bits per heavy atom. The first kappa shape index (κ1) is 21.3. The molecule has 6 heteroatoms. The first-order valence-corrected chi connectivity index (χ1v) is 10.3. The fourth-order valence-corrected chi connectivity index (χ4v) is 3.99. The number of hydrogen-bond acceptors (Lipinski definition) is 5. The van der Waals surface area contributed by atoms with Crippen LogP contribution in [0.2, 0.25) is 0 Å². The second kappa shape index (κ2) is 8.67. The van der Waals surface area contributed by atoms with Crippen molar-refractivity contribution in [1.82, 2.24) is 9.88 Å². The maximum absolute atomic E-state index is 13.2. The average Bonchev–Trinajstić information content (AvgIpc) is 3.06. The van der Waals surface area contributed by atoms with Crippen LogP contribution >= 0.6 is 0 Å². The molecule has 162 valence electrons. The Balaban J connectivity index is 1.87. The standard InChI is InChI=1S/C26H24N2O4/c1-16-10-11-17(2)20(13-16)24(29)22-23(21-9-4-5-12-27-21)28(26(31)25(22)30)15-18-7-6-8-19(14-18)32-3/h4-14,23,29H,15H2,1-3H3/b24-22+. The Morgan fingerprint density at radius 3 is 2.59 bits per heavy atom. The number of aryl methyl sites for hydroxylation is 2. The number of amides is 1. The van der Waals surface area contributed by atoms with Crippen molar-refractivity contribution in [2.45, 2.75) is 26.4 Å². The van der Waals surface area contributed by atoms with Crippen LogP contribution in [0.25, 0.3) is 5.76 Å². The first-order chi connectivity index (χ1) is 15.4. The van der Waals surface area contributed by atoms with Crippen LogP contribution in [-0.2, 0) is 16.1 Å². The molecule has 1 saturated heterocycles. The molecule has 2 aromatic carbocycles. The van der Waals surface area contributed by atoms with Crippen LogP contribution in [0.3, 0.4) is 0 Å². The first-order valence-electron chi connectivity index (χ1n) is 10.3. The van der Waals surface area contributed by atoms with Gasteiger partial charge in [0.15, 0.2) is 0 Å². The van der Waals surface area contributed by atoms with Crippen LogP contribution in [0.1, 0.15) is 34.0 Å². The van der Waals surface area contributed by atoms with Crippen molar-refractivity contribution < 1.29 is 19.4 Å². The molecule has 4 rings (SSSR count). The lowest BCUT2D eigenvalue weighted by Gasteiger charge is -2.25.